The first-order valence-corrected chi connectivity index (χ1v) is 6.21. The van der Waals surface area contributed by atoms with Crippen molar-refractivity contribution in [1.29, 1.82) is 0 Å². The standard InChI is InChI=1S/C15H11ClF2O2/c16-13-6-7-14(11(8-13)9-19)20-10-15(17,18)12-4-2-1-3-5-12/h1-9H,10H2. The maximum absolute atomic E-state index is 13.9. The van der Waals surface area contributed by atoms with E-state index in [9.17, 15) is 13.6 Å². The van der Waals surface area contributed by atoms with Gasteiger partial charge in [-0.25, -0.2) is 0 Å². The monoisotopic (exact) mass is 296 g/mol. The lowest BCUT2D eigenvalue weighted by molar-refractivity contribution is -0.0468. The van der Waals surface area contributed by atoms with Gasteiger partial charge in [-0.3, -0.25) is 4.79 Å². The lowest BCUT2D eigenvalue weighted by Crippen LogP contribution is -2.23. The van der Waals surface area contributed by atoms with Crippen LogP contribution in [-0.4, -0.2) is 12.9 Å². The van der Waals surface area contributed by atoms with Crippen LogP contribution in [0.4, 0.5) is 8.78 Å². The molecule has 0 amide bonds. The molecule has 2 aromatic carbocycles. The molecular formula is C15H11ClF2O2. The van der Waals surface area contributed by atoms with Gasteiger partial charge in [-0.15, -0.1) is 0 Å². The van der Waals surface area contributed by atoms with E-state index < -0.39 is 12.5 Å². The summed E-state index contributed by atoms with van der Waals surface area (Å²) in [5.41, 5.74) is 0.00276. The molecule has 0 saturated carbocycles. The third kappa shape index (κ3) is 3.33. The molecule has 0 bridgehead atoms. The van der Waals surface area contributed by atoms with Crippen LogP contribution in [-0.2, 0) is 5.92 Å². The van der Waals surface area contributed by atoms with Crippen molar-refractivity contribution in [3.8, 4) is 5.75 Å². The molecule has 2 aromatic rings. The summed E-state index contributed by atoms with van der Waals surface area (Å²) in [5.74, 6) is -3.05. The highest BCUT2D eigenvalue weighted by Gasteiger charge is 2.32. The quantitative estimate of drug-likeness (QED) is 0.768. The molecule has 0 aromatic heterocycles. The van der Waals surface area contributed by atoms with Crippen molar-refractivity contribution >= 4 is 17.9 Å². The predicted molar refractivity (Wildman–Crippen MR) is 72.7 cm³/mol. The summed E-state index contributed by atoms with van der Waals surface area (Å²) in [4.78, 5) is 10.8. The van der Waals surface area contributed by atoms with E-state index >= 15 is 0 Å². The minimum atomic E-state index is -3.14. The Bertz CT molecular complexity index is 600. The van der Waals surface area contributed by atoms with E-state index in [0.29, 0.717) is 11.3 Å². The van der Waals surface area contributed by atoms with Gasteiger partial charge in [0.15, 0.2) is 12.9 Å². The molecule has 0 aliphatic heterocycles. The van der Waals surface area contributed by atoms with Crippen molar-refractivity contribution in [3.63, 3.8) is 0 Å². The summed E-state index contributed by atoms with van der Waals surface area (Å²) in [6.45, 7) is -0.848. The first-order chi connectivity index (χ1) is 9.53. The van der Waals surface area contributed by atoms with Crippen LogP contribution in [0.5, 0.6) is 5.75 Å². The van der Waals surface area contributed by atoms with E-state index in [1.165, 1.54) is 42.5 Å². The maximum atomic E-state index is 13.9. The molecule has 2 nitrogen and oxygen atoms in total. The molecule has 0 saturated heterocycles. The molecule has 2 rings (SSSR count). The average molecular weight is 297 g/mol. The van der Waals surface area contributed by atoms with Crippen LogP contribution in [0.25, 0.3) is 0 Å². The number of carbonyl (C=O) groups excluding carboxylic acids is 1. The van der Waals surface area contributed by atoms with E-state index in [1.807, 2.05) is 0 Å². The topological polar surface area (TPSA) is 26.3 Å². The highest BCUT2D eigenvalue weighted by molar-refractivity contribution is 6.30. The number of rotatable bonds is 5. The van der Waals surface area contributed by atoms with Gasteiger partial charge in [-0.2, -0.15) is 8.78 Å². The van der Waals surface area contributed by atoms with Crippen molar-refractivity contribution in [2.45, 2.75) is 5.92 Å². The predicted octanol–water partition coefficient (Wildman–Crippen LogP) is 4.32. The van der Waals surface area contributed by atoms with Crippen LogP contribution in [0.3, 0.4) is 0 Å². The summed E-state index contributed by atoms with van der Waals surface area (Å²) < 4.78 is 32.9. The van der Waals surface area contributed by atoms with Crippen molar-refractivity contribution in [1.82, 2.24) is 0 Å². The Hall–Kier alpha value is -1.94. The second kappa shape index (κ2) is 6.01. The second-order valence-electron chi connectivity index (χ2n) is 4.16. The first kappa shape index (κ1) is 14.5. The molecule has 20 heavy (non-hydrogen) atoms. The van der Waals surface area contributed by atoms with E-state index in [1.54, 1.807) is 6.07 Å². The molecule has 0 heterocycles. The minimum absolute atomic E-state index is 0.0833. The van der Waals surface area contributed by atoms with Gasteiger partial charge in [0.1, 0.15) is 5.75 Å². The van der Waals surface area contributed by atoms with Gasteiger partial charge in [0.05, 0.1) is 5.56 Å². The number of halogens is 3. The van der Waals surface area contributed by atoms with Crippen molar-refractivity contribution in [2.24, 2.45) is 0 Å². The summed E-state index contributed by atoms with van der Waals surface area (Å²) in [7, 11) is 0. The van der Waals surface area contributed by atoms with Gasteiger partial charge in [0.25, 0.3) is 0 Å². The fourth-order valence-electron chi connectivity index (χ4n) is 1.68. The van der Waals surface area contributed by atoms with Gasteiger partial charge < -0.3 is 4.74 Å². The van der Waals surface area contributed by atoms with Crippen LogP contribution >= 0.6 is 11.6 Å². The van der Waals surface area contributed by atoms with Crippen molar-refractivity contribution in [3.05, 3.63) is 64.7 Å². The van der Waals surface area contributed by atoms with Crippen LogP contribution in [0.2, 0.25) is 5.02 Å². The van der Waals surface area contributed by atoms with Crippen molar-refractivity contribution < 1.29 is 18.3 Å². The fraction of sp³-hybridized carbons (Fsp3) is 0.133. The Labute approximate surface area is 119 Å². The number of hydrogen-bond donors (Lipinski definition) is 0. The lowest BCUT2D eigenvalue weighted by atomic mass is 10.1. The van der Waals surface area contributed by atoms with Gasteiger partial charge in [0, 0.05) is 10.6 Å². The van der Waals surface area contributed by atoms with Crippen molar-refractivity contribution in [2.75, 3.05) is 6.61 Å². The highest BCUT2D eigenvalue weighted by Crippen LogP contribution is 2.30. The average Bonchev–Trinajstić information content (AvgIpc) is 2.46. The normalized spacial score (nSPS) is 11.2. The lowest BCUT2D eigenvalue weighted by Gasteiger charge is -2.18. The van der Waals surface area contributed by atoms with Gasteiger partial charge >= 0.3 is 5.92 Å². The number of hydrogen-bond acceptors (Lipinski definition) is 2. The number of alkyl halides is 2. The summed E-state index contributed by atoms with van der Waals surface area (Å²) in [6, 6.07) is 11.6. The Morgan fingerprint density at radius 3 is 2.50 bits per heavy atom. The van der Waals surface area contributed by atoms with Crippen LogP contribution in [0.15, 0.2) is 48.5 Å². The molecular weight excluding hydrogens is 286 g/mol. The molecule has 0 aliphatic rings. The second-order valence-corrected chi connectivity index (χ2v) is 4.60. The number of benzene rings is 2. The number of aldehydes is 1. The zero-order valence-electron chi connectivity index (χ0n) is 10.4. The summed E-state index contributed by atoms with van der Waals surface area (Å²) >= 11 is 5.72. The molecule has 5 heteroatoms. The summed E-state index contributed by atoms with van der Waals surface area (Å²) in [5, 5.41) is 0.342. The highest BCUT2D eigenvalue weighted by atomic mass is 35.5. The van der Waals surface area contributed by atoms with Gasteiger partial charge in [0.2, 0.25) is 0 Å². The van der Waals surface area contributed by atoms with E-state index in [4.69, 9.17) is 16.3 Å². The number of carbonyl (C=O) groups is 1. The van der Waals surface area contributed by atoms with Gasteiger partial charge in [-0.05, 0) is 18.2 Å². The van der Waals surface area contributed by atoms with Crippen LogP contribution < -0.4 is 4.74 Å². The summed E-state index contributed by atoms with van der Waals surface area (Å²) in [6.07, 6.45) is 0.516. The Kier molecular flexibility index (Phi) is 4.35. The zero-order valence-corrected chi connectivity index (χ0v) is 11.1. The smallest absolute Gasteiger partial charge is 0.306 e. The van der Waals surface area contributed by atoms with Gasteiger partial charge in [-0.1, -0.05) is 41.9 Å². The molecule has 104 valence electrons. The molecule has 0 fully saturated rings. The maximum Gasteiger partial charge on any atom is 0.306 e. The SMILES string of the molecule is O=Cc1cc(Cl)ccc1OCC(F)(F)c1ccccc1. The Morgan fingerprint density at radius 2 is 1.85 bits per heavy atom. The molecule has 0 aliphatic carbocycles. The Morgan fingerprint density at radius 1 is 1.15 bits per heavy atom. The van der Waals surface area contributed by atoms with E-state index in [0.717, 1.165) is 0 Å². The van der Waals surface area contributed by atoms with Crippen LogP contribution in [0, 0.1) is 0 Å². The third-order valence-corrected chi connectivity index (χ3v) is 2.94. The molecule has 0 atom stereocenters. The first-order valence-electron chi connectivity index (χ1n) is 5.84. The van der Waals surface area contributed by atoms with E-state index in [-0.39, 0.29) is 16.9 Å². The minimum Gasteiger partial charge on any atom is -0.486 e. The molecule has 0 radical (unpaired) electrons. The number of ether oxygens (including phenoxy) is 1. The zero-order chi connectivity index (χ0) is 14.6. The molecule has 0 N–H and O–H groups in total. The molecule has 0 spiro atoms. The third-order valence-electron chi connectivity index (χ3n) is 2.70. The largest absolute Gasteiger partial charge is 0.486 e. The van der Waals surface area contributed by atoms with Crippen LogP contribution in [0.1, 0.15) is 15.9 Å². The Balaban J connectivity index is 2.14. The molecule has 0 unspecified atom stereocenters. The fourth-order valence-corrected chi connectivity index (χ4v) is 1.86. The van der Waals surface area contributed by atoms with E-state index in [2.05, 4.69) is 0 Å².